The molecule has 1 aliphatic carbocycles. The van der Waals surface area contributed by atoms with Gasteiger partial charge in [0.2, 0.25) is 11.0 Å². The van der Waals surface area contributed by atoms with Crippen LogP contribution in [0.4, 0.5) is 18.9 Å². The van der Waals surface area contributed by atoms with E-state index in [9.17, 15) is 17.4 Å². The lowest BCUT2D eigenvalue weighted by molar-refractivity contribution is -0.0431. The fourth-order valence-corrected chi connectivity index (χ4v) is 5.10. The molecule has 0 saturated heterocycles. The average molecular weight is 461 g/mol. The predicted molar refractivity (Wildman–Crippen MR) is 111 cm³/mol. The highest BCUT2D eigenvalue weighted by atomic mass is 35.5. The minimum Gasteiger partial charge on any atom is -0.361 e. The largest absolute Gasteiger partial charge is 0.485 e. The number of alkyl halides is 3. The van der Waals surface area contributed by atoms with E-state index >= 15 is 0 Å². The van der Waals surface area contributed by atoms with Crippen molar-refractivity contribution in [1.82, 2.24) is 14.3 Å². The summed E-state index contributed by atoms with van der Waals surface area (Å²) in [6, 6.07) is 5.07. The summed E-state index contributed by atoms with van der Waals surface area (Å²) in [6.07, 6.45) is 5.80. The third kappa shape index (κ3) is 5.00. The number of nitrogens with one attached hydrogen (secondary N) is 1. The van der Waals surface area contributed by atoms with Crippen LogP contribution in [0, 0.1) is 12.8 Å². The molecule has 30 heavy (non-hydrogen) atoms. The quantitative estimate of drug-likeness (QED) is 0.664. The Hall–Kier alpha value is -1.58. The molecule has 1 saturated carbocycles. The summed E-state index contributed by atoms with van der Waals surface area (Å²) in [5.74, 6) is 1.43. The SMILES string of the molecule is Cc1ncc(CN2c3ccc(Cl)cc3CN(S(=O)C(F)(F)F)CC2CCC2CC2)[nH]1. The van der Waals surface area contributed by atoms with Crippen molar-refractivity contribution in [2.75, 3.05) is 11.4 Å². The van der Waals surface area contributed by atoms with Crippen LogP contribution in [-0.2, 0) is 24.1 Å². The first-order valence-corrected chi connectivity index (χ1v) is 11.5. The number of H-pyrrole nitrogens is 1. The Labute approximate surface area is 181 Å². The minimum atomic E-state index is -4.80. The van der Waals surface area contributed by atoms with Gasteiger partial charge in [-0.1, -0.05) is 24.4 Å². The van der Waals surface area contributed by atoms with Crippen LogP contribution in [0.15, 0.2) is 24.4 Å². The van der Waals surface area contributed by atoms with Crippen LogP contribution < -0.4 is 4.90 Å². The predicted octanol–water partition coefficient (Wildman–Crippen LogP) is 4.94. The fourth-order valence-electron chi connectivity index (χ4n) is 4.05. The third-order valence-corrected chi connectivity index (χ3v) is 7.06. The number of aromatic amines is 1. The second kappa shape index (κ2) is 8.51. The summed E-state index contributed by atoms with van der Waals surface area (Å²) in [4.78, 5) is 9.58. The van der Waals surface area contributed by atoms with Crippen LogP contribution in [0.2, 0.25) is 5.02 Å². The highest BCUT2D eigenvalue weighted by Gasteiger charge is 2.44. The van der Waals surface area contributed by atoms with Gasteiger partial charge in [-0.15, -0.1) is 0 Å². The summed E-state index contributed by atoms with van der Waals surface area (Å²) in [7, 11) is -3.08. The van der Waals surface area contributed by atoms with Crippen molar-refractivity contribution in [2.45, 2.75) is 57.2 Å². The number of aryl methyl sites for hydroxylation is 1. The van der Waals surface area contributed by atoms with Crippen molar-refractivity contribution in [2.24, 2.45) is 5.92 Å². The zero-order valence-electron chi connectivity index (χ0n) is 16.6. The van der Waals surface area contributed by atoms with E-state index in [1.807, 2.05) is 13.0 Å². The van der Waals surface area contributed by atoms with E-state index in [2.05, 4.69) is 14.9 Å². The minimum absolute atomic E-state index is 0.0677. The van der Waals surface area contributed by atoms with Gasteiger partial charge in [-0.25, -0.2) is 13.5 Å². The van der Waals surface area contributed by atoms with Crippen LogP contribution in [0.5, 0.6) is 0 Å². The molecule has 164 valence electrons. The molecule has 2 unspecified atom stereocenters. The standard InChI is InChI=1S/C20H24ClF3N4OS/c1-13-25-9-17(26-13)11-28-18(6-4-14-2-3-14)12-27(30(29)20(22,23)24)10-15-8-16(21)5-7-19(15)28/h5,7-9,14,18H,2-4,6,10-12H2,1H3,(H,25,26). The first kappa shape index (κ1) is 21.6. The molecule has 0 amide bonds. The highest BCUT2D eigenvalue weighted by Crippen LogP contribution is 2.38. The van der Waals surface area contributed by atoms with Gasteiger partial charge in [0.05, 0.1) is 18.4 Å². The summed E-state index contributed by atoms with van der Waals surface area (Å²) < 4.78 is 53.3. The van der Waals surface area contributed by atoms with Gasteiger partial charge in [-0.3, -0.25) is 0 Å². The molecule has 0 radical (unpaired) electrons. The number of imidazole rings is 1. The van der Waals surface area contributed by atoms with Gasteiger partial charge in [0.15, 0.2) is 0 Å². The molecule has 4 rings (SSSR count). The Bertz CT molecular complexity index is 931. The van der Waals surface area contributed by atoms with Crippen molar-refractivity contribution in [3.63, 3.8) is 0 Å². The number of hydrogen-bond acceptors (Lipinski definition) is 3. The van der Waals surface area contributed by atoms with E-state index in [0.29, 0.717) is 23.0 Å². The Morgan fingerprint density at radius 3 is 2.70 bits per heavy atom. The van der Waals surface area contributed by atoms with Crippen molar-refractivity contribution < 1.29 is 17.4 Å². The molecule has 1 fully saturated rings. The van der Waals surface area contributed by atoms with Gasteiger partial charge in [0.25, 0.3) is 0 Å². The van der Waals surface area contributed by atoms with Crippen LogP contribution in [0.25, 0.3) is 0 Å². The zero-order chi connectivity index (χ0) is 21.5. The maximum atomic E-state index is 13.3. The van der Waals surface area contributed by atoms with Gasteiger partial charge < -0.3 is 9.88 Å². The number of aromatic nitrogens is 2. The number of hydrogen-bond donors (Lipinski definition) is 1. The first-order valence-electron chi connectivity index (χ1n) is 10.00. The molecule has 1 aliphatic heterocycles. The van der Waals surface area contributed by atoms with Crippen molar-refractivity contribution in [1.29, 1.82) is 0 Å². The summed E-state index contributed by atoms with van der Waals surface area (Å²) in [5.41, 5.74) is -2.44. The molecule has 1 aromatic heterocycles. The van der Waals surface area contributed by atoms with Crippen molar-refractivity contribution in [3.05, 3.63) is 46.5 Å². The second-order valence-electron chi connectivity index (χ2n) is 8.09. The van der Waals surface area contributed by atoms with Crippen LogP contribution in [-0.4, -0.2) is 36.6 Å². The number of halogens is 4. The monoisotopic (exact) mass is 460 g/mol. The van der Waals surface area contributed by atoms with Gasteiger partial charge in [0, 0.05) is 29.8 Å². The summed E-state index contributed by atoms with van der Waals surface area (Å²) >= 11 is 6.15. The molecule has 2 aromatic rings. The van der Waals surface area contributed by atoms with E-state index in [4.69, 9.17) is 11.6 Å². The lowest BCUT2D eigenvalue weighted by Crippen LogP contribution is -2.44. The van der Waals surface area contributed by atoms with E-state index in [1.54, 1.807) is 18.3 Å². The van der Waals surface area contributed by atoms with E-state index < -0.39 is 16.5 Å². The molecular formula is C20H24ClF3N4OS. The number of rotatable bonds is 6. The molecular weight excluding hydrogens is 437 g/mol. The van der Waals surface area contributed by atoms with E-state index in [0.717, 1.165) is 34.4 Å². The summed E-state index contributed by atoms with van der Waals surface area (Å²) in [6.45, 7) is 2.34. The van der Waals surface area contributed by atoms with E-state index in [1.165, 1.54) is 12.8 Å². The number of benzene rings is 1. The Balaban J connectivity index is 1.71. The normalized spacial score (nSPS) is 21.4. The lowest BCUT2D eigenvalue weighted by Gasteiger charge is -2.34. The smallest absolute Gasteiger partial charge is 0.361 e. The summed E-state index contributed by atoms with van der Waals surface area (Å²) in [5, 5.41) is 0.445. The van der Waals surface area contributed by atoms with Crippen molar-refractivity contribution in [3.8, 4) is 0 Å². The average Bonchev–Trinajstić information content (AvgIpc) is 3.43. The Morgan fingerprint density at radius 1 is 1.30 bits per heavy atom. The molecule has 0 bridgehead atoms. The third-order valence-electron chi connectivity index (χ3n) is 5.69. The Morgan fingerprint density at radius 2 is 2.07 bits per heavy atom. The maximum Gasteiger partial charge on any atom is 0.485 e. The Kier molecular flexibility index (Phi) is 6.14. The molecule has 1 N–H and O–H groups in total. The van der Waals surface area contributed by atoms with Crippen molar-refractivity contribution >= 4 is 28.3 Å². The fraction of sp³-hybridized carbons (Fsp3) is 0.550. The molecule has 1 aromatic carbocycles. The van der Waals surface area contributed by atoms with Gasteiger partial charge in [0.1, 0.15) is 5.82 Å². The van der Waals surface area contributed by atoms with Crippen LogP contribution in [0.1, 0.15) is 42.8 Å². The second-order valence-corrected chi connectivity index (χ2v) is 10.0. The van der Waals surface area contributed by atoms with Gasteiger partial charge in [-0.2, -0.15) is 13.2 Å². The molecule has 5 nitrogen and oxygen atoms in total. The molecule has 2 aliphatic rings. The van der Waals surface area contributed by atoms with Crippen LogP contribution >= 0.6 is 11.6 Å². The highest BCUT2D eigenvalue weighted by molar-refractivity contribution is 7.83. The number of nitrogens with zero attached hydrogens (tertiary/aromatic N) is 3. The maximum absolute atomic E-state index is 13.3. The molecule has 2 heterocycles. The van der Waals surface area contributed by atoms with Gasteiger partial charge >= 0.3 is 5.51 Å². The zero-order valence-corrected chi connectivity index (χ0v) is 18.2. The topological polar surface area (TPSA) is 52.2 Å². The molecule has 2 atom stereocenters. The molecule has 10 heteroatoms. The lowest BCUT2D eigenvalue weighted by atomic mass is 10.1. The van der Waals surface area contributed by atoms with Crippen LogP contribution in [0.3, 0.4) is 0 Å². The number of anilines is 1. The van der Waals surface area contributed by atoms with E-state index in [-0.39, 0.29) is 19.1 Å². The molecule has 0 spiro atoms. The van der Waals surface area contributed by atoms with Gasteiger partial charge in [-0.05, 0) is 49.4 Å². The number of fused-ring (bicyclic) bond motifs is 1. The first-order chi connectivity index (χ1) is 14.2.